The number of carbonyl (C=O) groups excluding carboxylic acids is 1. The zero-order valence-electron chi connectivity index (χ0n) is 4.50. The Morgan fingerprint density at radius 2 is 2.00 bits per heavy atom. The third-order valence-corrected chi connectivity index (χ3v) is 0.520. The predicted octanol–water partition coefficient (Wildman–Crippen LogP) is -1.38. The van der Waals surface area contributed by atoms with E-state index in [1.54, 1.807) is 5.43 Å². The van der Waals surface area contributed by atoms with Gasteiger partial charge in [0.15, 0.2) is 0 Å². The highest BCUT2D eigenvalue weighted by Crippen LogP contribution is 1.70. The molecule has 5 heteroatoms. The van der Waals surface area contributed by atoms with Crippen LogP contribution >= 0.6 is 0 Å². The molecule has 50 valence electrons. The van der Waals surface area contributed by atoms with Crippen LogP contribution in [-0.2, 0) is 9.59 Å². The van der Waals surface area contributed by atoms with E-state index in [4.69, 9.17) is 5.11 Å². The molecule has 0 atom stereocenters. The van der Waals surface area contributed by atoms with Crippen molar-refractivity contribution in [1.82, 2.24) is 5.43 Å². The monoisotopic (exact) mass is 130 g/mol. The third-order valence-electron chi connectivity index (χ3n) is 0.520. The fourth-order valence-corrected chi connectivity index (χ4v) is 0.195. The fourth-order valence-electron chi connectivity index (χ4n) is 0.195. The minimum absolute atomic E-state index is 0.641. The summed E-state index contributed by atoms with van der Waals surface area (Å²) in [4.78, 5) is 19.8. The summed E-state index contributed by atoms with van der Waals surface area (Å²) >= 11 is 0. The molecule has 0 radical (unpaired) electrons. The molecule has 0 rings (SSSR count). The number of carboxylic acids is 1. The Kier molecular flexibility index (Phi) is 3.07. The summed E-state index contributed by atoms with van der Waals surface area (Å²) in [6, 6.07) is 0. The molecular formula is C4H6N2O3. The molecule has 1 amide bonds. The van der Waals surface area contributed by atoms with Crippen LogP contribution in [0.4, 0.5) is 0 Å². The molecule has 0 bridgehead atoms. The Hall–Kier alpha value is -1.36. The molecule has 5 nitrogen and oxygen atoms in total. The highest BCUT2D eigenvalue weighted by Gasteiger charge is 1.90. The lowest BCUT2D eigenvalue weighted by Crippen LogP contribution is -2.28. The number of hydrogen-bond acceptors (Lipinski definition) is 3. The van der Waals surface area contributed by atoms with E-state index >= 15 is 0 Å². The van der Waals surface area contributed by atoms with Gasteiger partial charge in [-0.1, -0.05) is 0 Å². The number of carbonyl (C=O) groups is 2. The molecule has 0 saturated carbocycles. The maximum Gasteiger partial charge on any atom is 0.328 e. The lowest BCUT2D eigenvalue weighted by Gasteiger charge is -1.85. The van der Waals surface area contributed by atoms with Crippen molar-refractivity contribution < 1.29 is 14.7 Å². The molecule has 0 spiro atoms. The summed E-state index contributed by atoms with van der Waals surface area (Å²) in [7, 11) is 0. The van der Waals surface area contributed by atoms with Crippen LogP contribution in [-0.4, -0.2) is 17.0 Å². The summed E-state index contributed by atoms with van der Waals surface area (Å²) in [6.07, 6.45) is 1.52. The molecule has 4 N–H and O–H groups in total. The average molecular weight is 130 g/mol. The van der Waals surface area contributed by atoms with E-state index in [9.17, 15) is 9.59 Å². The lowest BCUT2D eigenvalue weighted by molar-refractivity contribution is -0.131. The second-order valence-corrected chi connectivity index (χ2v) is 1.18. The van der Waals surface area contributed by atoms with Crippen molar-refractivity contribution in [3.8, 4) is 0 Å². The molecule has 0 aliphatic heterocycles. The van der Waals surface area contributed by atoms with E-state index in [-0.39, 0.29) is 0 Å². The minimum Gasteiger partial charge on any atom is -0.478 e. The Balaban J connectivity index is 3.71. The van der Waals surface area contributed by atoms with Gasteiger partial charge in [0.05, 0.1) is 0 Å². The van der Waals surface area contributed by atoms with E-state index in [1.807, 2.05) is 0 Å². The van der Waals surface area contributed by atoms with Gasteiger partial charge in [-0.05, 0) is 0 Å². The van der Waals surface area contributed by atoms with Crippen molar-refractivity contribution in [3.63, 3.8) is 0 Å². The van der Waals surface area contributed by atoms with Gasteiger partial charge in [0.25, 0.3) is 5.91 Å². The van der Waals surface area contributed by atoms with Gasteiger partial charge in [-0.2, -0.15) is 0 Å². The number of nitrogens with two attached hydrogens (primary N) is 1. The van der Waals surface area contributed by atoms with E-state index in [1.165, 1.54) is 0 Å². The molecule has 9 heavy (non-hydrogen) atoms. The first-order valence-corrected chi connectivity index (χ1v) is 2.08. The molecule has 0 aliphatic rings. The van der Waals surface area contributed by atoms with Crippen LogP contribution < -0.4 is 11.3 Å². The normalized spacial score (nSPS) is 9.44. The number of amides is 1. The SMILES string of the molecule is NNC(=O)/C=C\C(=O)O. The Morgan fingerprint density at radius 3 is 2.33 bits per heavy atom. The topological polar surface area (TPSA) is 92.4 Å². The van der Waals surface area contributed by atoms with Gasteiger partial charge in [-0.15, -0.1) is 0 Å². The van der Waals surface area contributed by atoms with Crippen molar-refractivity contribution in [2.75, 3.05) is 0 Å². The summed E-state index contributed by atoms with van der Waals surface area (Å²) < 4.78 is 0. The zero-order valence-corrected chi connectivity index (χ0v) is 4.50. The van der Waals surface area contributed by atoms with Gasteiger partial charge in [-0.25, -0.2) is 10.6 Å². The summed E-state index contributed by atoms with van der Waals surface area (Å²) in [5.74, 6) is 2.79. The largest absolute Gasteiger partial charge is 0.478 e. The summed E-state index contributed by atoms with van der Waals surface area (Å²) in [5, 5.41) is 7.95. The molecule has 0 saturated heterocycles. The van der Waals surface area contributed by atoms with Gasteiger partial charge in [-0.3, -0.25) is 10.2 Å². The van der Waals surface area contributed by atoms with Crippen molar-refractivity contribution in [1.29, 1.82) is 0 Å². The number of hydrazine groups is 1. The molecule has 0 fully saturated rings. The first kappa shape index (κ1) is 7.64. The number of hydrogen-bond donors (Lipinski definition) is 3. The predicted molar refractivity (Wildman–Crippen MR) is 29.1 cm³/mol. The van der Waals surface area contributed by atoms with Crippen LogP contribution in [0.15, 0.2) is 12.2 Å². The van der Waals surface area contributed by atoms with Crippen molar-refractivity contribution in [2.45, 2.75) is 0 Å². The van der Waals surface area contributed by atoms with E-state index in [2.05, 4.69) is 5.84 Å². The van der Waals surface area contributed by atoms with Crippen molar-refractivity contribution >= 4 is 11.9 Å². The van der Waals surface area contributed by atoms with Crippen molar-refractivity contribution in [3.05, 3.63) is 12.2 Å². The third kappa shape index (κ3) is 4.49. The Morgan fingerprint density at radius 1 is 1.44 bits per heavy atom. The maximum atomic E-state index is 10.1. The van der Waals surface area contributed by atoms with Crippen LogP contribution in [0, 0.1) is 0 Å². The van der Waals surface area contributed by atoms with Gasteiger partial charge >= 0.3 is 5.97 Å². The summed E-state index contributed by atoms with van der Waals surface area (Å²) in [5.41, 5.74) is 1.73. The summed E-state index contributed by atoms with van der Waals surface area (Å²) in [6.45, 7) is 0. The quantitative estimate of drug-likeness (QED) is 0.186. The minimum atomic E-state index is -1.18. The molecule has 0 aromatic carbocycles. The standard InChI is InChI=1S/C4H6N2O3/c5-6-3(7)1-2-4(8)9/h1-2H,5H2,(H,6,7)(H,8,9)/b2-1-. The van der Waals surface area contributed by atoms with Crippen LogP contribution in [0.2, 0.25) is 0 Å². The zero-order chi connectivity index (χ0) is 7.28. The first-order valence-electron chi connectivity index (χ1n) is 2.08. The smallest absolute Gasteiger partial charge is 0.328 e. The maximum absolute atomic E-state index is 10.1. The molecule has 0 aliphatic carbocycles. The lowest BCUT2D eigenvalue weighted by atomic mass is 10.5. The first-order chi connectivity index (χ1) is 4.16. The van der Waals surface area contributed by atoms with E-state index in [0.717, 1.165) is 6.08 Å². The number of nitrogens with one attached hydrogen (secondary N) is 1. The van der Waals surface area contributed by atoms with Crippen LogP contribution in [0.3, 0.4) is 0 Å². The van der Waals surface area contributed by atoms with Gasteiger partial charge in [0.1, 0.15) is 0 Å². The van der Waals surface area contributed by atoms with Gasteiger partial charge in [0.2, 0.25) is 0 Å². The van der Waals surface area contributed by atoms with Crippen LogP contribution in [0.5, 0.6) is 0 Å². The molecule has 0 unspecified atom stereocenters. The number of aliphatic carboxylic acids is 1. The van der Waals surface area contributed by atoms with Crippen molar-refractivity contribution in [2.24, 2.45) is 5.84 Å². The number of carboxylic acid groups (broad SMARTS) is 1. The van der Waals surface area contributed by atoms with Crippen LogP contribution in [0.25, 0.3) is 0 Å². The number of rotatable bonds is 2. The second kappa shape index (κ2) is 3.62. The van der Waals surface area contributed by atoms with E-state index in [0.29, 0.717) is 6.08 Å². The Bertz CT molecular complexity index is 152. The average Bonchev–Trinajstić information content (AvgIpc) is 1.83. The van der Waals surface area contributed by atoms with Gasteiger partial charge < -0.3 is 5.11 Å². The molecule has 0 aromatic heterocycles. The highest BCUT2D eigenvalue weighted by molar-refractivity contribution is 5.93. The molecular weight excluding hydrogens is 124 g/mol. The Labute approximate surface area is 51.1 Å². The van der Waals surface area contributed by atoms with Gasteiger partial charge in [0, 0.05) is 12.2 Å². The fraction of sp³-hybridized carbons (Fsp3) is 0. The second-order valence-electron chi connectivity index (χ2n) is 1.18. The highest BCUT2D eigenvalue weighted by atomic mass is 16.4. The molecule has 0 aromatic rings. The molecule has 0 heterocycles. The van der Waals surface area contributed by atoms with E-state index < -0.39 is 11.9 Å². The van der Waals surface area contributed by atoms with Crippen LogP contribution in [0.1, 0.15) is 0 Å².